The summed E-state index contributed by atoms with van der Waals surface area (Å²) in [5.74, 6) is -2.60. The lowest BCUT2D eigenvalue weighted by atomic mass is 9.93. The van der Waals surface area contributed by atoms with Gasteiger partial charge in [-0.2, -0.15) is 0 Å². The zero-order valence-electron chi connectivity index (χ0n) is 15.6. The molecular weight excluding hydrogens is 445 g/mol. The lowest BCUT2D eigenvalue weighted by Gasteiger charge is -2.24. The van der Waals surface area contributed by atoms with Gasteiger partial charge >= 0.3 is 12.1 Å². The minimum absolute atomic E-state index is 0.243. The molecule has 3 N–H and O–H groups in total. The molecule has 2 aromatic carbocycles. The minimum atomic E-state index is -1.04. The molecule has 0 heterocycles. The minimum Gasteiger partial charge on any atom is -0.505 e. The SMILES string of the molecule is C[C@H](CC/C=C/C(=O)O)[C@@H](OC(=O)Nc1ccc(Br)cc1)c1ccc(O)c(F)c1. The highest BCUT2D eigenvalue weighted by Crippen LogP contribution is 2.32. The number of rotatable bonds is 8. The molecule has 8 heteroatoms. The topological polar surface area (TPSA) is 95.9 Å². The van der Waals surface area contributed by atoms with Crippen LogP contribution in [0.3, 0.4) is 0 Å². The molecule has 0 unspecified atom stereocenters. The maximum atomic E-state index is 13.8. The summed E-state index contributed by atoms with van der Waals surface area (Å²) in [5.41, 5.74) is 0.923. The molecule has 154 valence electrons. The smallest absolute Gasteiger partial charge is 0.412 e. The van der Waals surface area contributed by atoms with Gasteiger partial charge in [0.1, 0.15) is 6.10 Å². The number of benzene rings is 2. The Labute approximate surface area is 176 Å². The number of phenols is 1. The van der Waals surface area contributed by atoms with Crippen LogP contribution in [0.15, 0.2) is 59.1 Å². The first-order chi connectivity index (χ1) is 13.8. The van der Waals surface area contributed by atoms with Gasteiger partial charge in [-0.3, -0.25) is 5.32 Å². The first kappa shape index (κ1) is 22.4. The number of carbonyl (C=O) groups excluding carboxylic acids is 1. The van der Waals surface area contributed by atoms with Crippen LogP contribution in [0.5, 0.6) is 5.75 Å². The van der Waals surface area contributed by atoms with Crippen molar-refractivity contribution in [3.63, 3.8) is 0 Å². The monoisotopic (exact) mass is 465 g/mol. The average Bonchev–Trinajstić information content (AvgIpc) is 2.67. The number of amides is 1. The fourth-order valence-electron chi connectivity index (χ4n) is 2.70. The Morgan fingerprint density at radius 1 is 1.24 bits per heavy atom. The summed E-state index contributed by atoms with van der Waals surface area (Å²) in [4.78, 5) is 23.0. The van der Waals surface area contributed by atoms with Crippen LogP contribution < -0.4 is 5.32 Å². The molecule has 1 amide bonds. The van der Waals surface area contributed by atoms with E-state index in [1.807, 2.05) is 6.92 Å². The first-order valence-electron chi connectivity index (χ1n) is 8.87. The maximum absolute atomic E-state index is 13.8. The van der Waals surface area contributed by atoms with Gasteiger partial charge in [-0.1, -0.05) is 35.0 Å². The number of nitrogens with one attached hydrogen (secondary N) is 1. The molecule has 0 aliphatic heterocycles. The lowest BCUT2D eigenvalue weighted by molar-refractivity contribution is -0.131. The third kappa shape index (κ3) is 7.23. The van der Waals surface area contributed by atoms with Crippen molar-refractivity contribution >= 4 is 33.7 Å². The molecule has 2 atom stereocenters. The number of carboxylic acids is 1. The largest absolute Gasteiger partial charge is 0.505 e. The Kier molecular flexibility index (Phi) is 8.21. The molecule has 0 saturated carbocycles. The Morgan fingerprint density at radius 3 is 2.55 bits per heavy atom. The summed E-state index contributed by atoms with van der Waals surface area (Å²) in [5, 5.41) is 20.7. The molecule has 29 heavy (non-hydrogen) atoms. The number of halogens is 2. The van der Waals surface area contributed by atoms with Crippen LogP contribution in [-0.2, 0) is 9.53 Å². The van der Waals surface area contributed by atoms with Gasteiger partial charge in [0.15, 0.2) is 11.6 Å². The second kappa shape index (κ2) is 10.6. The molecule has 0 saturated heterocycles. The van der Waals surface area contributed by atoms with Crippen LogP contribution >= 0.6 is 15.9 Å². The third-order valence-corrected chi connectivity index (χ3v) is 4.72. The number of carbonyl (C=O) groups is 2. The lowest BCUT2D eigenvalue weighted by Crippen LogP contribution is -2.22. The number of hydrogen-bond acceptors (Lipinski definition) is 4. The van der Waals surface area contributed by atoms with Crippen molar-refractivity contribution in [2.24, 2.45) is 5.92 Å². The molecule has 0 bridgehead atoms. The Morgan fingerprint density at radius 2 is 1.93 bits per heavy atom. The summed E-state index contributed by atoms with van der Waals surface area (Å²) in [6.45, 7) is 1.82. The Hall–Kier alpha value is -2.87. The molecule has 6 nitrogen and oxygen atoms in total. The van der Waals surface area contributed by atoms with Gasteiger partial charge in [-0.05, 0) is 60.7 Å². The normalized spacial score (nSPS) is 13.1. The standard InChI is InChI=1S/C21H21BrFNO5/c1-13(4-2-3-5-19(26)27)20(14-6-11-18(25)17(23)12-14)29-21(28)24-16-9-7-15(22)8-10-16/h3,5-13,20,25H,2,4H2,1H3,(H,24,28)(H,26,27)/b5-3+/t13-,20-/m1/s1. The van der Waals surface area contributed by atoms with Crippen molar-refractivity contribution in [1.29, 1.82) is 0 Å². The van der Waals surface area contributed by atoms with E-state index < -0.39 is 29.7 Å². The van der Waals surface area contributed by atoms with Crippen LogP contribution in [0.25, 0.3) is 0 Å². The molecule has 2 rings (SSSR count). The van der Waals surface area contributed by atoms with Gasteiger partial charge < -0.3 is 14.9 Å². The van der Waals surface area contributed by atoms with E-state index in [-0.39, 0.29) is 5.92 Å². The summed E-state index contributed by atoms with van der Waals surface area (Å²) >= 11 is 3.31. The summed E-state index contributed by atoms with van der Waals surface area (Å²) in [7, 11) is 0. The molecule has 0 fully saturated rings. The van der Waals surface area contributed by atoms with Gasteiger partial charge in [0.05, 0.1) is 0 Å². The quantitative estimate of drug-likeness (QED) is 0.438. The molecule has 0 spiro atoms. The van der Waals surface area contributed by atoms with Gasteiger partial charge in [0.25, 0.3) is 0 Å². The van der Waals surface area contributed by atoms with Gasteiger partial charge in [-0.25, -0.2) is 14.0 Å². The summed E-state index contributed by atoms with van der Waals surface area (Å²) in [6, 6.07) is 10.7. The van der Waals surface area contributed by atoms with E-state index in [4.69, 9.17) is 9.84 Å². The van der Waals surface area contributed by atoms with Crippen LogP contribution in [-0.4, -0.2) is 22.3 Å². The van der Waals surface area contributed by atoms with E-state index in [0.717, 1.165) is 16.6 Å². The highest BCUT2D eigenvalue weighted by molar-refractivity contribution is 9.10. The number of ether oxygens (including phenoxy) is 1. The molecule has 0 aliphatic carbocycles. The van der Waals surface area contributed by atoms with E-state index in [1.54, 1.807) is 24.3 Å². The fourth-order valence-corrected chi connectivity index (χ4v) is 2.97. The van der Waals surface area contributed by atoms with Gasteiger partial charge in [0, 0.05) is 16.2 Å². The number of carboxylic acid groups (broad SMARTS) is 1. The van der Waals surface area contributed by atoms with Crippen molar-refractivity contribution < 1.29 is 28.9 Å². The van der Waals surface area contributed by atoms with Crippen molar-refractivity contribution in [3.8, 4) is 5.75 Å². The van der Waals surface area contributed by atoms with Crippen LogP contribution in [0.2, 0.25) is 0 Å². The number of hydrogen-bond donors (Lipinski definition) is 3. The van der Waals surface area contributed by atoms with Crippen molar-refractivity contribution in [2.45, 2.75) is 25.9 Å². The number of anilines is 1. The number of aliphatic carboxylic acids is 1. The highest BCUT2D eigenvalue weighted by Gasteiger charge is 2.24. The first-order valence-corrected chi connectivity index (χ1v) is 9.66. The summed E-state index contributed by atoms with van der Waals surface area (Å²) < 4.78 is 20.2. The fraction of sp³-hybridized carbons (Fsp3) is 0.238. The third-order valence-electron chi connectivity index (χ3n) is 4.19. The van der Waals surface area contributed by atoms with E-state index in [0.29, 0.717) is 24.1 Å². The van der Waals surface area contributed by atoms with Crippen LogP contribution in [0.4, 0.5) is 14.9 Å². The number of phenolic OH excluding ortho intramolecular Hbond substituents is 1. The zero-order chi connectivity index (χ0) is 21.4. The Bertz CT molecular complexity index is 885. The second-order valence-corrected chi connectivity index (χ2v) is 7.38. The van der Waals surface area contributed by atoms with Gasteiger partial charge in [0.2, 0.25) is 0 Å². The molecule has 2 aromatic rings. The molecule has 0 aromatic heterocycles. The van der Waals surface area contributed by atoms with Crippen LogP contribution in [0.1, 0.15) is 31.4 Å². The molecular formula is C21H21BrFNO5. The number of allylic oxidation sites excluding steroid dienone is 1. The highest BCUT2D eigenvalue weighted by atomic mass is 79.9. The van der Waals surface area contributed by atoms with Crippen molar-refractivity contribution in [1.82, 2.24) is 0 Å². The second-order valence-electron chi connectivity index (χ2n) is 6.46. The predicted octanol–water partition coefficient (Wildman–Crippen LogP) is 5.64. The average molecular weight is 466 g/mol. The van der Waals surface area contributed by atoms with Crippen LogP contribution in [0, 0.1) is 11.7 Å². The molecule has 0 radical (unpaired) electrons. The van der Waals surface area contributed by atoms with E-state index in [1.165, 1.54) is 18.2 Å². The van der Waals surface area contributed by atoms with E-state index in [9.17, 15) is 19.1 Å². The van der Waals surface area contributed by atoms with E-state index >= 15 is 0 Å². The maximum Gasteiger partial charge on any atom is 0.412 e. The molecule has 0 aliphatic rings. The van der Waals surface area contributed by atoms with Crippen molar-refractivity contribution in [2.75, 3.05) is 5.32 Å². The zero-order valence-corrected chi connectivity index (χ0v) is 17.2. The van der Waals surface area contributed by atoms with Gasteiger partial charge in [-0.15, -0.1) is 0 Å². The summed E-state index contributed by atoms with van der Waals surface area (Å²) in [6.07, 6.45) is 2.00. The number of aromatic hydroxyl groups is 1. The Balaban J connectivity index is 2.14. The predicted molar refractivity (Wildman–Crippen MR) is 110 cm³/mol. The van der Waals surface area contributed by atoms with Crippen molar-refractivity contribution in [3.05, 3.63) is 70.5 Å². The van der Waals surface area contributed by atoms with E-state index in [2.05, 4.69) is 21.2 Å².